The minimum Gasteiger partial charge on any atom is -0.494 e. The van der Waals surface area contributed by atoms with Gasteiger partial charge in [-0.15, -0.1) is 0 Å². The Morgan fingerprint density at radius 2 is 1.57 bits per heavy atom. The van der Waals surface area contributed by atoms with E-state index in [0.717, 1.165) is 22.8 Å². The predicted molar refractivity (Wildman–Crippen MR) is 101 cm³/mol. The average Bonchev–Trinajstić information content (AvgIpc) is 3.46. The molecule has 0 N–H and O–H groups in total. The lowest BCUT2D eigenvalue weighted by molar-refractivity contribution is 0.183. The second kappa shape index (κ2) is 8.58. The largest absolute Gasteiger partial charge is 0.494 e. The molecular weight excluding hydrogens is 358 g/mol. The minimum absolute atomic E-state index is 0.478. The Hall–Kier alpha value is -3.32. The Labute approximate surface area is 162 Å². The Balaban J connectivity index is 1.47. The molecule has 144 valence electrons. The summed E-state index contributed by atoms with van der Waals surface area (Å²) in [5.74, 6) is 3.62. The second-order valence-corrected chi connectivity index (χ2v) is 6.27. The Bertz CT molecular complexity index is 923. The second-order valence-electron chi connectivity index (χ2n) is 6.27. The molecular formula is C21H21N3O4. The number of rotatable bonds is 9. The molecule has 0 saturated carbocycles. The van der Waals surface area contributed by atoms with Crippen LogP contribution in [0, 0.1) is 0 Å². The van der Waals surface area contributed by atoms with Crippen molar-refractivity contribution in [2.45, 2.75) is 26.6 Å². The van der Waals surface area contributed by atoms with Crippen LogP contribution in [0.4, 0.5) is 0 Å². The molecule has 0 spiro atoms. The van der Waals surface area contributed by atoms with Gasteiger partial charge in [0.1, 0.15) is 17.3 Å². The monoisotopic (exact) mass is 379 g/mol. The third-order valence-corrected chi connectivity index (χ3v) is 4.17. The van der Waals surface area contributed by atoms with E-state index in [1.807, 2.05) is 55.5 Å². The van der Waals surface area contributed by atoms with Crippen molar-refractivity contribution in [3.63, 3.8) is 0 Å². The fourth-order valence-corrected chi connectivity index (χ4v) is 2.91. The molecule has 0 amide bonds. The molecule has 0 atom stereocenters. The fourth-order valence-electron chi connectivity index (χ4n) is 2.91. The summed E-state index contributed by atoms with van der Waals surface area (Å²) in [6.07, 6.45) is 3.33. The number of benzene rings is 1. The molecule has 3 heterocycles. The van der Waals surface area contributed by atoms with E-state index < -0.39 is 0 Å². The van der Waals surface area contributed by atoms with Gasteiger partial charge in [0.15, 0.2) is 0 Å². The smallest absolute Gasteiger partial charge is 0.241 e. The van der Waals surface area contributed by atoms with Gasteiger partial charge in [-0.05, 0) is 55.5 Å². The number of hydrogen-bond donors (Lipinski definition) is 0. The van der Waals surface area contributed by atoms with E-state index in [-0.39, 0.29) is 0 Å². The Morgan fingerprint density at radius 3 is 2.14 bits per heavy atom. The van der Waals surface area contributed by atoms with Crippen molar-refractivity contribution in [2.75, 3.05) is 6.61 Å². The van der Waals surface area contributed by atoms with Crippen LogP contribution >= 0.6 is 0 Å². The van der Waals surface area contributed by atoms with Gasteiger partial charge in [-0.3, -0.25) is 4.90 Å². The van der Waals surface area contributed by atoms with Crippen molar-refractivity contribution in [1.82, 2.24) is 15.0 Å². The number of nitrogens with zero attached hydrogens (tertiary/aromatic N) is 3. The molecule has 7 heteroatoms. The zero-order valence-electron chi connectivity index (χ0n) is 15.6. The van der Waals surface area contributed by atoms with E-state index >= 15 is 0 Å². The highest BCUT2D eigenvalue weighted by Gasteiger charge is 2.16. The van der Waals surface area contributed by atoms with E-state index in [2.05, 4.69) is 15.0 Å². The molecule has 7 nitrogen and oxygen atoms in total. The van der Waals surface area contributed by atoms with Gasteiger partial charge in [0.05, 0.1) is 38.8 Å². The lowest BCUT2D eigenvalue weighted by Gasteiger charge is -2.17. The normalized spacial score (nSPS) is 11.2. The van der Waals surface area contributed by atoms with Crippen molar-refractivity contribution >= 4 is 0 Å². The number of aromatic nitrogens is 2. The summed E-state index contributed by atoms with van der Waals surface area (Å²) in [7, 11) is 0. The van der Waals surface area contributed by atoms with Crippen LogP contribution in [0.5, 0.6) is 5.75 Å². The van der Waals surface area contributed by atoms with Gasteiger partial charge >= 0.3 is 0 Å². The molecule has 0 unspecified atom stereocenters. The van der Waals surface area contributed by atoms with Crippen molar-refractivity contribution in [3.05, 3.63) is 78.5 Å². The lowest BCUT2D eigenvalue weighted by Crippen LogP contribution is -2.22. The van der Waals surface area contributed by atoms with Crippen LogP contribution in [0.15, 0.2) is 74.4 Å². The van der Waals surface area contributed by atoms with Gasteiger partial charge in [0.25, 0.3) is 0 Å². The first-order valence-corrected chi connectivity index (χ1v) is 9.13. The van der Waals surface area contributed by atoms with Crippen LogP contribution in [0.1, 0.15) is 24.3 Å². The van der Waals surface area contributed by atoms with Crippen LogP contribution in [0.3, 0.4) is 0 Å². The maximum absolute atomic E-state index is 5.48. The molecule has 0 bridgehead atoms. The van der Waals surface area contributed by atoms with Gasteiger partial charge in [0.2, 0.25) is 11.7 Å². The fraction of sp³-hybridized carbons (Fsp3) is 0.238. The molecule has 1 aromatic carbocycles. The third-order valence-electron chi connectivity index (χ3n) is 4.17. The van der Waals surface area contributed by atoms with E-state index in [4.69, 9.17) is 18.1 Å². The standard InChI is InChI=1S/C21H21N3O4/c1-2-25-17-9-7-16(8-10-17)21-22-20(28-23-21)15-24(13-18-5-3-11-26-18)14-19-6-4-12-27-19/h3-12H,2,13-15H2,1H3. The molecule has 0 fully saturated rings. The van der Waals surface area contributed by atoms with E-state index in [9.17, 15) is 0 Å². The number of hydrogen-bond acceptors (Lipinski definition) is 7. The highest BCUT2D eigenvalue weighted by atomic mass is 16.5. The quantitative estimate of drug-likeness (QED) is 0.423. The van der Waals surface area contributed by atoms with Crippen LogP contribution in [-0.2, 0) is 19.6 Å². The number of furan rings is 2. The summed E-state index contributed by atoms with van der Waals surface area (Å²) < 4.78 is 21.9. The molecule has 0 aliphatic rings. The molecule has 0 saturated heterocycles. The summed E-state index contributed by atoms with van der Waals surface area (Å²) in [5.41, 5.74) is 0.877. The summed E-state index contributed by atoms with van der Waals surface area (Å²) in [6, 6.07) is 15.3. The first-order valence-electron chi connectivity index (χ1n) is 9.13. The van der Waals surface area contributed by atoms with Crippen molar-refractivity contribution < 1.29 is 18.1 Å². The van der Waals surface area contributed by atoms with Gasteiger partial charge in [-0.1, -0.05) is 5.16 Å². The zero-order chi connectivity index (χ0) is 19.2. The van der Waals surface area contributed by atoms with Crippen molar-refractivity contribution in [3.8, 4) is 17.1 Å². The van der Waals surface area contributed by atoms with Crippen LogP contribution in [-0.4, -0.2) is 21.6 Å². The highest BCUT2D eigenvalue weighted by Crippen LogP contribution is 2.21. The minimum atomic E-state index is 0.478. The average molecular weight is 379 g/mol. The van der Waals surface area contributed by atoms with Crippen LogP contribution < -0.4 is 4.74 Å². The summed E-state index contributed by atoms with van der Waals surface area (Å²) >= 11 is 0. The number of ether oxygens (including phenoxy) is 1. The highest BCUT2D eigenvalue weighted by molar-refractivity contribution is 5.55. The maximum Gasteiger partial charge on any atom is 0.241 e. The first kappa shape index (κ1) is 18.1. The zero-order valence-corrected chi connectivity index (χ0v) is 15.6. The molecule has 28 heavy (non-hydrogen) atoms. The van der Waals surface area contributed by atoms with E-state index in [1.54, 1.807) is 12.5 Å². The summed E-state index contributed by atoms with van der Waals surface area (Å²) in [5, 5.41) is 4.11. The van der Waals surface area contributed by atoms with Gasteiger partial charge in [-0.25, -0.2) is 0 Å². The van der Waals surface area contributed by atoms with E-state index in [0.29, 0.717) is 38.0 Å². The Kier molecular flexibility index (Phi) is 5.53. The lowest BCUT2D eigenvalue weighted by atomic mass is 10.2. The van der Waals surface area contributed by atoms with Crippen LogP contribution in [0.2, 0.25) is 0 Å². The molecule has 4 rings (SSSR count). The molecule has 0 aliphatic carbocycles. The summed E-state index contributed by atoms with van der Waals surface area (Å²) in [4.78, 5) is 6.65. The SMILES string of the molecule is CCOc1ccc(-c2noc(CN(Cc3ccco3)Cc3ccco3)n2)cc1. The van der Waals surface area contributed by atoms with Gasteiger partial charge in [-0.2, -0.15) is 4.98 Å². The summed E-state index contributed by atoms with van der Waals surface area (Å²) in [6.45, 7) is 4.28. The van der Waals surface area contributed by atoms with Gasteiger partial charge in [0, 0.05) is 5.56 Å². The Morgan fingerprint density at radius 1 is 0.893 bits per heavy atom. The predicted octanol–water partition coefficient (Wildman–Crippen LogP) is 4.52. The third kappa shape index (κ3) is 4.50. The van der Waals surface area contributed by atoms with Crippen molar-refractivity contribution in [1.29, 1.82) is 0 Å². The first-order chi connectivity index (χ1) is 13.8. The molecule has 3 aromatic heterocycles. The molecule has 4 aromatic rings. The van der Waals surface area contributed by atoms with Gasteiger partial charge < -0.3 is 18.1 Å². The van der Waals surface area contributed by atoms with Crippen molar-refractivity contribution in [2.24, 2.45) is 0 Å². The molecule has 0 radical (unpaired) electrons. The van der Waals surface area contributed by atoms with E-state index in [1.165, 1.54) is 0 Å². The van der Waals surface area contributed by atoms with Crippen LogP contribution in [0.25, 0.3) is 11.4 Å². The molecule has 0 aliphatic heterocycles. The topological polar surface area (TPSA) is 77.7 Å². The maximum atomic E-state index is 5.48.